The fraction of sp³-hybridized carbons (Fsp3) is 0.529. The van der Waals surface area contributed by atoms with Crippen LogP contribution < -0.4 is 10.6 Å². The summed E-state index contributed by atoms with van der Waals surface area (Å²) in [5.74, 6) is -13.5. The Kier molecular flexibility index (Phi) is 19.8. The molecule has 6 N–H and O–H groups in total. The summed E-state index contributed by atoms with van der Waals surface area (Å²) >= 11 is 14.2. The lowest BCUT2D eigenvalue weighted by Crippen LogP contribution is -2.48. The molecule has 0 fully saturated rings. The number of aromatic nitrogens is 2. The van der Waals surface area contributed by atoms with Crippen LogP contribution in [-0.2, 0) is 49.7 Å². The number of benzene rings is 1. The highest BCUT2D eigenvalue weighted by Crippen LogP contribution is 2.43. The Morgan fingerprint density at radius 3 is 1.64 bits per heavy atom. The number of carboxylic acid groups (broad SMARTS) is 4. The molecule has 2 aromatic rings. The van der Waals surface area contributed by atoms with E-state index in [0.29, 0.717) is 19.4 Å². The van der Waals surface area contributed by atoms with Crippen LogP contribution in [0.5, 0.6) is 0 Å². The van der Waals surface area contributed by atoms with E-state index in [0.717, 1.165) is 55.1 Å². The molecule has 1 heterocycles. The molecule has 0 spiro atoms. The molecule has 2 rings (SSSR count). The second kappa shape index (κ2) is 22.9. The van der Waals surface area contributed by atoms with Crippen molar-refractivity contribution >= 4 is 128 Å². The molecule has 21 heteroatoms. The van der Waals surface area contributed by atoms with Gasteiger partial charge in [0.25, 0.3) is 0 Å². The van der Waals surface area contributed by atoms with Gasteiger partial charge in [0.05, 0.1) is 64.5 Å². The number of halogens is 4. The van der Waals surface area contributed by atoms with Crippen molar-refractivity contribution in [2.75, 3.05) is 0 Å². The predicted octanol–water partition coefficient (Wildman–Crippen LogP) is 5.04. The largest absolute Gasteiger partial charge is 0.481 e. The van der Waals surface area contributed by atoms with Gasteiger partial charge in [-0.1, -0.05) is 19.3 Å². The van der Waals surface area contributed by atoms with Crippen LogP contribution in [0.15, 0.2) is 24.2 Å². The molecule has 1 aromatic heterocycles. The van der Waals surface area contributed by atoms with E-state index in [9.17, 15) is 58.5 Å². The number of nitrogens with one attached hydrogen (secondary N) is 2. The Labute approximate surface area is 348 Å². The minimum Gasteiger partial charge on any atom is -0.481 e. The summed E-state index contributed by atoms with van der Waals surface area (Å²) in [5.41, 5.74) is 1.71. The van der Waals surface area contributed by atoms with Crippen LogP contribution in [0.2, 0.25) is 0 Å². The number of fused-ring (bicyclic) bond motifs is 1. The number of nitrogens with zero attached hydrogens (tertiary/aromatic N) is 2. The summed E-state index contributed by atoms with van der Waals surface area (Å²) in [7, 11) is 0. The van der Waals surface area contributed by atoms with E-state index >= 15 is 0 Å². The summed E-state index contributed by atoms with van der Waals surface area (Å²) in [6, 6.07) is -3.43. The zero-order valence-electron chi connectivity index (χ0n) is 29.4. The Bertz CT molecular complexity index is 1820. The van der Waals surface area contributed by atoms with Gasteiger partial charge in [-0.3, -0.25) is 43.2 Å². The molecule has 0 unspecified atom stereocenters. The molecule has 17 nitrogen and oxygen atoms in total. The van der Waals surface area contributed by atoms with Crippen molar-refractivity contribution in [3.63, 3.8) is 0 Å². The molecular weight excluding hydrogens is 992 g/mol. The van der Waals surface area contributed by atoms with Crippen LogP contribution in [0.4, 0.5) is 0 Å². The summed E-state index contributed by atoms with van der Waals surface area (Å²) < 4.78 is 5.39. The maximum atomic E-state index is 13.2. The predicted molar refractivity (Wildman–Crippen MR) is 208 cm³/mol. The number of hydrogen-bond donors (Lipinski definition) is 6. The molecule has 0 aliphatic rings. The van der Waals surface area contributed by atoms with Crippen molar-refractivity contribution in [3.8, 4) is 0 Å². The number of aryl methyl sites for hydroxylation is 1. The Hall–Kier alpha value is -3.56. The van der Waals surface area contributed by atoms with Crippen LogP contribution in [0, 0.1) is 11.8 Å². The quantitative estimate of drug-likeness (QED) is 0.0410. The van der Waals surface area contributed by atoms with Gasteiger partial charge in [-0.05, 0) is 83.5 Å². The SMILES string of the molecule is CC(=O)[C@H](CC(=O)O)CC(=O)[C@H](CC(=O)O)NC(=O)[C@H](CC(=O)O)CC(=O)[C@@H](CC(=O)O)NC(=O)CCCCCCCn1cnc2c(Br)c(Br)c(Br)c(Br)c21. The maximum absolute atomic E-state index is 13.2. The van der Waals surface area contributed by atoms with Crippen molar-refractivity contribution in [1.29, 1.82) is 0 Å². The van der Waals surface area contributed by atoms with Crippen LogP contribution >= 0.6 is 63.7 Å². The number of unbranched alkanes of at least 4 members (excludes halogenated alkanes) is 4. The van der Waals surface area contributed by atoms with E-state index in [1.54, 1.807) is 6.33 Å². The smallest absolute Gasteiger partial charge is 0.305 e. The lowest BCUT2D eigenvalue weighted by Gasteiger charge is -2.23. The molecule has 1 aromatic carbocycles. The third-order valence-corrected chi connectivity index (χ3v) is 13.2. The van der Waals surface area contributed by atoms with Crippen molar-refractivity contribution in [3.05, 3.63) is 24.2 Å². The van der Waals surface area contributed by atoms with Gasteiger partial charge in [-0.2, -0.15) is 0 Å². The Morgan fingerprint density at radius 2 is 1.09 bits per heavy atom. The number of Topliss-reactive ketones (excluding diaryl/α,β-unsaturated/α-hetero) is 3. The van der Waals surface area contributed by atoms with Crippen LogP contribution in [0.3, 0.4) is 0 Å². The van der Waals surface area contributed by atoms with Crippen LogP contribution in [-0.4, -0.2) is 95.1 Å². The monoisotopic (exact) mass is 1030 g/mol. The van der Waals surface area contributed by atoms with Gasteiger partial charge >= 0.3 is 23.9 Å². The van der Waals surface area contributed by atoms with Gasteiger partial charge in [-0.15, -0.1) is 0 Å². The third kappa shape index (κ3) is 15.5. The summed E-state index contributed by atoms with van der Waals surface area (Å²) in [5, 5.41) is 41.6. The fourth-order valence-electron chi connectivity index (χ4n) is 5.65. The highest BCUT2D eigenvalue weighted by Gasteiger charge is 2.34. The minimum absolute atomic E-state index is 0.0411. The van der Waals surface area contributed by atoms with Gasteiger partial charge in [-0.25, -0.2) is 4.98 Å². The number of carbonyl (C=O) groups is 9. The standard InChI is InChI=1S/C34H40Br4N4O13/c1-16(43)17(11-24(47)48)9-21(44)20(14-27(53)54)41-34(55)18(12-25(49)50)10-22(45)19(13-26(51)52)40-23(46)7-5-3-2-4-6-8-42-15-39-32-30(37)28(35)29(36)31(38)33(32)42/h15,17-20H,2-14H2,1H3,(H,40,46)(H,41,55)(H,47,48)(H,49,50)(H,51,52)(H,53,54)/t17-,18-,19+,20-/m0/s1. The number of rotatable bonds is 26. The van der Waals surface area contributed by atoms with E-state index in [2.05, 4.69) is 79.3 Å². The number of imidazole rings is 1. The highest BCUT2D eigenvalue weighted by atomic mass is 79.9. The van der Waals surface area contributed by atoms with E-state index < -0.39 is 115 Å². The Morgan fingerprint density at radius 1 is 0.618 bits per heavy atom. The number of hydrogen-bond acceptors (Lipinski definition) is 10. The van der Waals surface area contributed by atoms with Gasteiger partial charge in [0, 0.05) is 40.7 Å². The zero-order chi connectivity index (χ0) is 41.6. The lowest BCUT2D eigenvalue weighted by molar-refractivity contribution is -0.145. The topological polar surface area (TPSA) is 276 Å². The number of aliphatic carboxylic acids is 4. The first-order valence-electron chi connectivity index (χ1n) is 16.9. The molecule has 0 bridgehead atoms. The average Bonchev–Trinajstić information content (AvgIpc) is 3.51. The summed E-state index contributed by atoms with van der Waals surface area (Å²) in [6.45, 7) is 1.73. The highest BCUT2D eigenvalue weighted by molar-refractivity contribution is 9.15. The first-order valence-corrected chi connectivity index (χ1v) is 20.1. The number of ketones is 3. The molecule has 55 heavy (non-hydrogen) atoms. The number of carbonyl (C=O) groups excluding carboxylic acids is 5. The van der Waals surface area contributed by atoms with Gasteiger partial charge in [0.15, 0.2) is 11.6 Å². The van der Waals surface area contributed by atoms with Gasteiger partial charge in [0.2, 0.25) is 11.8 Å². The van der Waals surface area contributed by atoms with Gasteiger partial charge in [0.1, 0.15) is 11.3 Å². The molecule has 0 aliphatic heterocycles. The summed E-state index contributed by atoms with van der Waals surface area (Å²) in [4.78, 5) is 114. The molecule has 0 aliphatic carbocycles. The molecule has 2 amide bonds. The molecule has 0 saturated heterocycles. The summed E-state index contributed by atoms with van der Waals surface area (Å²) in [6.07, 6.45) is 0.0443. The van der Waals surface area contributed by atoms with Crippen LogP contribution in [0.1, 0.15) is 84.0 Å². The zero-order valence-corrected chi connectivity index (χ0v) is 35.8. The van der Waals surface area contributed by atoms with Crippen molar-refractivity contribution in [1.82, 2.24) is 20.2 Å². The first kappa shape index (κ1) is 47.6. The number of carboxylic acids is 4. The maximum Gasteiger partial charge on any atom is 0.305 e. The van der Waals surface area contributed by atoms with E-state index in [1.165, 1.54) is 0 Å². The van der Waals surface area contributed by atoms with Crippen molar-refractivity contribution in [2.45, 2.75) is 103 Å². The fourth-order valence-corrected chi connectivity index (χ4v) is 8.05. The lowest BCUT2D eigenvalue weighted by atomic mass is 9.90. The van der Waals surface area contributed by atoms with Crippen LogP contribution in [0.25, 0.3) is 11.0 Å². The average molecular weight is 1030 g/mol. The number of amides is 2. The normalized spacial score (nSPS) is 13.3. The molecule has 0 saturated carbocycles. The van der Waals surface area contributed by atoms with Crippen molar-refractivity contribution in [2.24, 2.45) is 11.8 Å². The Balaban J connectivity index is 1.98. The van der Waals surface area contributed by atoms with Crippen molar-refractivity contribution < 1.29 is 63.6 Å². The van der Waals surface area contributed by atoms with E-state index in [4.69, 9.17) is 5.11 Å². The van der Waals surface area contributed by atoms with Gasteiger partial charge < -0.3 is 35.6 Å². The second-order valence-electron chi connectivity index (χ2n) is 12.8. The first-order chi connectivity index (χ1) is 25.7. The minimum atomic E-state index is -1.80. The second-order valence-corrected chi connectivity index (χ2v) is 16.0. The molecule has 302 valence electrons. The molecule has 0 radical (unpaired) electrons. The third-order valence-electron chi connectivity index (χ3n) is 8.50. The molecule has 4 atom stereocenters. The molecular formula is C34H40Br4N4O13. The van der Waals surface area contributed by atoms with E-state index in [-0.39, 0.29) is 6.42 Å². The van der Waals surface area contributed by atoms with E-state index in [1.807, 2.05) is 4.57 Å².